The molecular formula is C25H32N4O2. The largest absolute Gasteiger partial charge is 0.339 e. The Morgan fingerprint density at radius 3 is 2.35 bits per heavy atom. The summed E-state index contributed by atoms with van der Waals surface area (Å²) in [6.07, 6.45) is 3.42. The molecule has 2 aromatic rings. The molecule has 4 rings (SSSR count). The van der Waals surface area contributed by atoms with Crippen molar-refractivity contribution in [2.24, 2.45) is 0 Å². The Morgan fingerprint density at radius 1 is 0.903 bits per heavy atom. The molecule has 2 aliphatic heterocycles. The smallest absolute Gasteiger partial charge is 0.321 e. The Balaban J connectivity index is 1.31. The summed E-state index contributed by atoms with van der Waals surface area (Å²) in [5.41, 5.74) is 2.90. The minimum atomic E-state index is -0.0842. The fourth-order valence-corrected chi connectivity index (χ4v) is 4.52. The minimum absolute atomic E-state index is 0.0842. The molecule has 0 radical (unpaired) electrons. The van der Waals surface area contributed by atoms with E-state index in [1.807, 2.05) is 64.4 Å². The normalized spacial score (nSPS) is 19.8. The highest BCUT2D eigenvalue weighted by Gasteiger charge is 2.27. The van der Waals surface area contributed by atoms with Crippen LogP contribution in [0.1, 0.15) is 26.2 Å². The summed E-state index contributed by atoms with van der Waals surface area (Å²) in [7, 11) is 0. The van der Waals surface area contributed by atoms with Crippen LogP contribution in [0.25, 0.3) is 11.1 Å². The lowest BCUT2D eigenvalue weighted by atomic mass is 10.0. The van der Waals surface area contributed by atoms with Crippen LogP contribution < -0.4 is 5.32 Å². The molecule has 1 N–H and O–H groups in total. The zero-order valence-electron chi connectivity index (χ0n) is 18.3. The summed E-state index contributed by atoms with van der Waals surface area (Å²) in [6, 6.07) is 18.2. The van der Waals surface area contributed by atoms with Gasteiger partial charge in [-0.05, 0) is 37.8 Å². The van der Waals surface area contributed by atoms with Gasteiger partial charge in [0, 0.05) is 44.3 Å². The van der Waals surface area contributed by atoms with E-state index in [0.717, 1.165) is 49.3 Å². The molecule has 0 bridgehead atoms. The average Bonchev–Trinajstić information content (AvgIpc) is 2.80. The first-order chi connectivity index (χ1) is 15.1. The van der Waals surface area contributed by atoms with Gasteiger partial charge in [0.05, 0.1) is 12.2 Å². The molecule has 2 aromatic carbocycles. The van der Waals surface area contributed by atoms with E-state index in [2.05, 4.69) is 17.1 Å². The number of carbonyl (C=O) groups excluding carboxylic acids is 2. The summed E-state index contributed by atoms with van der Waals surface area (Å²) < 4.78 is 0. The van der Waals surface area contributed by atoms with Crippen LogP contribution in [0.15, 0.2) is 54.6 Å². The maximum atomic E-state index is 12.9. The molecule has 0 saturated carbocycles. The van der Waals surface area contributed by atoms with E-state index in [9.17, 15) is 9.59 Å². The Morgan fingerprint density at radius 2 is 1.61 bits per heavy atom. The van der Waals surface area contributed by atoms with Gasteiger partial charge < -0.3 is 15.1 Å². The molecule has 6 nitrogen and oxygen atoms in total. The Bertz CT molecular complexity index is 893. The zero-order valence-corrected chi connectivity index (χ0v) is 18.3. The van der Waals surface area contributed by atoms with E-state index in [1.165, 1.54) is 6.42 Å². The van der Waals surface area contributed by atoms with Gasteiger partial charge in [-0.15, -0.1) is 0 Å². The van der Waals surface area contributed by atoms with Gasteiger partial charge in [-0.1, -0.05) is 48.5 Å². The van der Waals surface area contributed by atoms with Crippen LogP contribution in [0.4, 0.5) is 10.5 Å². The number of nitrogens with zero attached hydrogens (tertiary/aromatic N) is 3. The molecule has 2 aliphatic rings. The van der Waals surface area contributed by atoms with Gasteiger partial charge in [-0.25, -0.2) is 4.79 Å². The van der Waals surface area contributed by atoms with Crippen molar-refractivity contribution in [3.63, 3.8) is 0 Å². The number of amides is 3. The zero-order chi connectivity index (χ0) is 21.6. The van der Waals surface area contributed by atoms with Crippen molar-refractivity contribution >= 4 is 17.6 Å². The lowest BCUT2D eigenvalue weighted by molar-refractivity contribution is -0.136. The monoisotopic (exact) mass is 420 g/mol. The van der Waals surface area contributed by atoms with Crippen molar-refractivity contribution in [2.75, 3.05) is 44.6 Å². The number of hydrogen-bond donors (Lipinski definition) is 1. The SMILES string of the molecule is CC1CCCCN1C(=O)CN1CCN(C(=O)Nc2ccccc2-c2ccccc2)CC1. The summed E-state index contributed by atoms with van der Waals surface area (Å²) in [5, 5.41) is 3.09. The number of piperazine rings is 1. The lowest BCUT2D eigenvalue weighted by Crippen LogP contribution is -2.53. The number of piperidine rings is 1. The van der Waals surface area contributed by atoms with Crippen LogP contribution in [0, 0.1) is 0 Å². The third kappa shape index (κ3) is 5.25. The molecule has 2 saturated heterocycles. The van der Waals surface area contributed by atoms with E-state index in [-0.39, 0.29) is 11.9 Å². The number of nitrogens with one attached hydrogen (secondary N) is 1. The third-order valence-corrected chi connectivity index (χ3v) is 6.40. The molecule has 31 heavy (non-hydrogen) atoms. The molecule has 0 spiro atoms. The van der Waals surface area contributed by atoms with Crippen LogP contribution >= 0.6 is 0 Å². The third-order valence-electron chi connectivity index (χ3n) is 6.40. The summed E-state index contributed by atoms with van der Waals surface area (Å²) in [4.78, 5) is 31.6. The fraction of sp³-hybridized carbons (Fsp3) is 0.440. The Labute approximate surface area is 184 Å². The van der Waals surface area contributed by atoms with Crippen LogP contribution in [0.2, 0.25) is 0 Å². The van der Waals surface area contributed by atoms with Gasteiger partial charge in [0.2, 0.25) is 5.91 Å². The van der Waals surface area contributed by atoms with Crippen molar-refractivity contribution in [1.82, 2.24) is 14.7 Å². The summed E-state index contributed by atoms with van der Waals surface area (Å²) in [5.74, 6) is 0.224. The van der Waals surface area contributed by atoms with Crippen molar-refractivity contribution in [3.05, 3.63) is 54.6 Å². The molecule has 6 heteroatoms. The van der Waals surface area contributed by atoms with Crippen molar-refractivity contribution < 1.29 is 9.59 Å². The molecule has 0 aromatic heterocycles. The first-order valence-corrected chi connectivity index (χ1v) is 11.3. The van der Waals surface area contributed by atoms with Crippen LogP contribution in [-0.2, 0) is 4.79 Å². The molecule has 2 fully saturated rings. The predicted molar refractivity (Wildman–Crippen MR) is 124 cm³/mol. The molecule has 2 heterocycles. The van der Waals surface area contributed by atoms with Gasteiger partial charge in [0.1, 0.15) is 0 Å². The Hall–Kier alpha value is -2.86. The van der Waals surface area contributed by atoms with Crippen LogP contribution in [0.5, 0.6) is 0 Å². The molecule has 0 aliphatic carbocycles. The molecular weight excluding hydrogens is 388 g/mol. The highest BCUT2D eigenvalue weighted by atomic mass is 16.2. The first-order valence-electron chi connectivity index (χ1n) is 11.3. The number of rotatable bonds is 4. The highest BCUT2D eigenvalue weighted by molar-refractivity contribution is 5.94. The second-order valence-corrected chi connectivity index (χ2v) is 8.54. The molecule has 1 unspecified atom stereocenters. The van der Waals surface area contributed by atoms with Gasteiger partial charge in [-0.2, -0.15) is 0 Å². The topological polar surface area (TPSA) is 55.9 Å². The Kier molecular flexibility index (Phi) is 6.87. The number of benzene rings is 2. The number of urea groups is 1. The van der Waals surface area contributed by atoms with E-state index in [0.29, 0.717) is 25.7 Å². The van der Waals surface area contributed by atoms with Crippen molar-refractivity contribution in [1.29, 1.82) is 0 Å². The second kappa shape index (κ2) is 9.96. The van der Waals surface area contributed by atoms with E-state index < -0.39 is 0 Å². The molecule has 3 amide bonds. The maximum absolute atomic E-state index is 12.9. The van der Waals surface area contributed by atoms with Gasteiger partial charge in [0.15, 0.2) is 0 Å². The molecule has 164 valence electrons. The van der Waals surface area contributed by atoms with Gasteiger partial charge in [0.25, 0.3) is 0 Å². The second-order valence-electron chi connectivity index (χ2n) is 8.54. The first kappa shape index (κ1) is 21.4. The van der Waals surface area contributed by atoms with Gasteiger partial charge >= 0.3 is 6.03 Å². The van der Waals surface area contributed by atoms with Crippen molar-refractivity contribution in [2.45, 2.75) is 32.2 Å². The number of likely N-dealkylation sites (tertiary alicyclic amines) is 1. The summed E-state index contributed by atoms with van der Waals surface area (Å²) in [6.45, 7) is 6.18. The van der Waals surface area contributed by atoms with Crippen LogP contribution in [-0.4, -0.2) is 71.9 Å². The van der Waals surface area contributed by atoms with Crippen LogP contribution in [0.3, 0.4) is 0 Å². The number of anilines is 1. The molecule has 1 atom stereocenters. The number of carbonyl (C=O) groups is 2. The summed E-state index contributed by atoms with van der Waals surface area (Å²) >= 11 is 0. The number of para-hydroxylation sites is 1. The van der Waals surface area contributed by atoms with E-state index >= 15 is 0 Å². The predicted octanol–water partition coefficient (Wildman–Crippen LogP) is 3.90. The fourth-order valence-electron chi connectivity index (χ4n) is 4.52. The quantitative estimate of drug-likeness (QED) is 0.816. The minimum Gasteiger partial charge on any atom is -0.339 e. The average molecular weight is 421 g/mol. The highest BCUT2D eigenvalue weighted by Crippen LogP contribution is 2.27. The number of hydrogen-bond acceptors (Lipinski definition) is 3. The van der Waals surface area contributed by atoms with Crippen molar-refractivity contribution in [3.8, 4) is 11.1 Å². The maximum Gasteiger partial charge on any atom is 0.321 e. The van der Waals surface area contributed by atoms with E-state index in [4.69, 9.17) is 0 Å². The van der Waals surface area contributed by atoms with E-state index in [1.54, 1.807) is 0 Å². The lowest BCUT2D eigenvalue weighted by Gasteiger charge is -2.38. The standard InChI is InChI=1S/C25H32N4O2/c1-20-9-7-8-14-29(20)24(30)19-27-15-17-28(18-16-27)25(31)26-23-13-6-5-12-22(23)21-10-3-2-4-11-21/h2-6,10-13,20H,7-9,14-19H2,1H3,(H,26,31). The van der Waals surface area contributed by atoms with Gasteiger partial charge in [-0.3, -0.25) is 9.69 Å².